The van der Waals surface area contributed by atoms with Crippen molar-refractivity contribution in [2.75, 3.05) is 0 Å². The molecule has 6 aromatic carbocycles. The van der Waals surface area contributed by atoms with Gasteiger partial charge in [0.25, 0.3) is 0 Å². The highest BCUT2D eigenvalue weighted by molar-refractivity contribution is 5.68. The minimum Gasteiger partial charge on any atom is -0.208 e. The monoisotopic (exact) mass is 609 g/mol. The molecule has 0 saturated carbocycles. The summed E-state index contributed by atoms with van der Waals surface area (Å²) in [6.07, 6.45) is 0. The molecular weight excluding hydrogens is 583 g/mol. The van der Waals surface area contributed by atoms with E-state index in [4.69, 9.17) is 15.0 Å². The molecule has 0 N–H and O–H groups in total. The van der Waals surface area contributed by atoms with Crippen molar-refractivity contribution in [3.8, 4) is 69.7 Å². The summed E-state index contributed by atoms with van der Waals surface area (Å²) in [6.45, 7) is 0. The SMILES string of the molecule is C(#Cc1ccc(-c2nc(-c3ccc(C#Cc4ccccc4)cc3)nc(-c3ccc(C#Cc4ccccc4)cc3)n2)cc1)c1ccccc1. The van der Waals surface area contributed by atoms with Gasteiger partial charge < -0.3 is 0 Å². The largest absolute Gasteiger partial charge is 0.208 e. The fourth-order valence-corrected chi connectivity index (χ4v) is 4.87. The van der Waals surface area contributed by atoms with Crippen LogP contribution in [-0.2, 0) is 0 Å². The minimum absolute atomic E-state index is 0.582. The number of benzene rings is 6. The van der Waals surface area contributed by atoms with Crippen LogP contribution < -0.4 is 0 Å². The molecule has 1 aromatic heterocycles. The van der Waals surface area contributed by atoms with Gasteiger partial charge in [-0.1, -0.05) is 90.1 Å². The molecule has 0 aliphatic heterocycles. The standard InChI is InChI=1S/C45H27N3/c1-4-10-34(11-5-1)16-19-37-22-28-40(29-23-37)43-46-44(41-30-24-38(25-31-41)20-17-35-12-6-2-7-13-35)48-45(47-43)42-32-26-39(27-33-42)21-18-36-14-8-3-9-15-36/h1-15,22-33H. The van der Waals surface area contributed by atoms with Crippen LogP contribution in [0.1, 0.15) is 33.4 Å². The molecule has 222 valence electrons. The van der Waals surface area contributed by atoms with Crippen molar-refractivity contribution in [2.45, 2.75) is 0 Å². The van der Waals surface area contributed by atoms with Gasteiger partial charge in [-0.25, -0.2) is 15.0 Å². The zero-order valence-corrected chi connectivity index (χ0v) is 25.9. The lowest BCUT2D eigenvalue weighted by molar-refractivity contribution is 1.07. The van der Waals surface area contributed by atoms with E-state index in [0.717, 1.165) is 50.1 Å². The third-order valence-electron chi connectivity index (χ3n) is 7.44. The topological polar surface area (TPSA) is 38.7 Å². The lowest BCUT2D eigenvalue weighted by Crippen LogP contribution is -2.00. The average Bonchev–Trinajstić information content (AvgIpc) is 3.17. The predicted octanol–water partition coefficient (Wildman–Crippen LogP) is 9.07. The normalized spacial score (nSPS) is 10.0. The van der Waals surface area contributed by atoms with Crippen molar-refractivity contribution in [1.82, 2.24) is 15.0 Å². The Kier molecular flexibility index (Phi) is 8.92. The summed E-state index contributed by atoms with van der Waals surface area (Å²) < 4.78 is 0. The maximum Gasteiger partial charge on any atom is 0.164 e. The minimum atomic E-state index is 0.582. The van der Waals surface area contributed by atoms with Gasteiger partial charge in [-0.05, 0) is 109 Å². The second-order valence-corrected chi connectivity index (χ2v) is 10.9. The molecule has 0 saturated heterocycles. The molecule has 1 heterocycles. The van der Waals surface area contributed by atoms with Crippen molar-refractivity contribution in [3.63, 3.8) is 0 Å². The quantitative estimate of drug-likeness (QED) is 0.188. The molecule has 0 bridgehead atoms. The third kappa shape index (κ3) is 7.62. The predicted molar refractivity (Wildman–Crippen MR) is 193 cm³/mol. The first kappa shape index (κ1) is 29.7. The maximum absolute atomic E-state index is 4.91. The fraction of sp³-hybridized carbons (Fsp3) is 0. The Morgan fingerprint density at radius 1 is 0.229 bits per heavy atom. The van der Waals surface area contributed by atoms with Crippen LogP contribution in [0.3, 0.4) is 0 Å². The number of aromatic nitrogens is 3. The number of nitrogens with zero attached hydrogens (tertiary/aromatic N) is 3. The van der Waals surface area contributed by atoms with E-state index in [1.54, 1.807) is 0 Å². The molecule has 48 heavy (non-hydrogen) atoms. The smallest absolute Gasteiger partial charge is 0.164 e. The van der Waals surface area contributed by atoms with Crippen LogP contribution in [0.5, 0.6) is 0 Å². The van der Waals surface area contributed by atoms with Gasteiger partial charge in [0.1, 0.15) is 0 Å². The fourth-order valence-electron chi connectivity index (χ4n) is 4.87. The molecule has 7 rings (SSSR count). The molecule has 0 amide bonds. The van der Waals surface area contributed by atoms with Crippen LogP contribution in [0.15, 0.2) is 164 Å². The summed E-state index contributed by atoms with van der Waals surface area (Å²) in [5.74, 6) is 21.1. The highest BCUT2D eigenvalue weighted by Crippen LogP contribution is 2.25. The van der Waals surface area contributed by atoms with E-state index < -0.39 is 0 Å². The Morgan fingerprint density at radius 3 is 0.667 bits per heavy atom. The van der Waals surface area contributed by atoms with Crippen molar-refractivity contribution >= 4 is 0 Å². The van der Waals surface area contributed by atoms with Gasteiger partial charge in [-0.15, -0.1) is 0 Å². The Hall–Kier alpha value is -6.99. The summed E-state index contributed by atoms with van der Waals surface area (Å²) in [5.41, 5.74) is 8.29. The van der Waals surface area contributed by atoms with Crippen molar-refractivity contribution in [2.24, 2.45) is 0 Å². The van der Waals surface area contributed by atoms with Crippen LogP contribution in [0.2, 0.25) is 0 Å². The second kappa shape index (κ2) is 14.4. The maximum atomic E-state index is 4.91. The van der Waals surface area contributed by atoms with E-state index in [1.807, 2.05) is 164 Å². The Morgan fingerprint density at radius 2 is 0.438 bits per heavy atom. The van der Waals surface area contributed by atoms with Crippen molar-refractivity contribution in [3.05, 3.63) is 197 Å². The first-order valence-electron chi connectivity index (χ1n) is 15.5. The van der Waals surface area contributed by atoms with Crippen molar-refractivity contribution in [1.29, 1.82) is 0 Å². The lowest BCUT2D eigenvalue weighted by atomic mass is 10.1. The first-order chi connectivity index (χ1) is 23.7. The molecule has 0 unspecified atom stereocenters. The molecule has 0 spiro atoms. The lowest BCUT2D eigenvalue weighted by Gasteiger charge is -2.09. The number of hydrogen-bond acceptors (Lipinski definition) is 3. The second-order valence-electron chi connectivity index (χ2n) is 10.9. The van der Waals surface area contributed by atoms with E-state index in [0.29, 0.717) is 17.5 Å². The molecule has 3 nitrogen and oxygen atoms in total. The molecule has 0 aliphatic carbocycles. The van der Waals surface area contributed by atoms with E-state index in [-0.39, 0.29) is 0 Å². The van der Waals surface area contributed by atoms with Gasteiger partial charge in [-0.3, -0.25) is 0 Å². The van der Waals surface area contributed by atoms with E-state index in [2.05, 4.69) is 35.5 Å². The zero-order valence-electron chi connectivity index (χ0n) is 25.9. The molecule has 0 aliphatic rings. The molecular formula is C45H27N3. The molecule has 3 heteroatoms. The van der Waals surface area contributed by atoms with Crippen LogP contribution in [0, 0.1) is 35.5 Å². The van der Waals surface area contributed by atoms with E-state index in [9.17, 15) is 0 Å². The summed E-state index contributed by atoms with van der Waals surface area (Å²) in [6, 6.07) is 53.9. The number of rotatable bonds is 3. The summed E-state index contributed by atoms with van der Waals surface area (Å²) >= 11 is 0. The van der Waals surface area contributed by atoms with Gasteiger partial charge in [0.15, 0.2) is 17.5 Å². The number of hydrogen-bond donors (Lipinski definition) is 0. The molecule has 0 fully saturated rings. The first-order valence-corrected chi connectivity index (χ1v) is 15.5. The van der Waals surface area contributed by atoms with Crippen LogP contribution >= 0.6 is 0 Å². The van der Waals surface area contributed by atoms with Gasteiger partial charge in [0.05, 0.1) is 0 Å². The highest BCUT2D eigenvalue weighted by atomic mass is 15.0. The average molecular weight is 610 g/mol. The van der Waals surface area contributed by atoms with Crippen molar-refractivity contribution < 1.29 is 0 Å². The van der Waals surface area contributed by atoms with Gasteiger partial charge in [0.2, 0.25) is 0 Å². The van der Waals surface area contributed by atoms with Crippen LogP contribution in [0.4, 0.5) is 0 Å². The van der Waals surface area contributed by atoms with Crippen LogP contribution in [-0.4, -0.2) is 15.0 Å². The van der Waals surface area contributed by atoms with Gasteiger partial charge >= 0.3 is 0 Å². The Labute approximate surface area is 281 Å². The highest BCUT2D eigenvalue weighted by Gasteiger charge is 2.12. The molecule has 7 aromatic rings. The zero-order chi connectivity index (χ0) is 32.4. The van der Waals surface area contributed by atoms with Crippen LogP contribution in [0.25, 0.3) is 34.2 Å². The summed E-state index contributed by atoms with van der Waals surface area (Å²) in [4.78, 5) is 14.7. The van der Waals surface area contributed by atoms with Gasteiger partial charge in [0, 0.05) is 50.1 Å². The third-order valence-corrected chi connectivity index (χ3v) is 7.44. The van der Waals surface area contributed by atoms with E-state index in [1.165, 1.54) is 0 Å². The molecule has 0 atom stereocenters. The molecule has 0 radical (unpaired) electrons. The summed E-state index contributed by atoms with van der Waals surface area (Å²) in [5, 5.41) is 0. The Bertz CT molecular complexity index is 2060. The Balaban J connectivity index is 1.21. The summed E-state index contributed by atoms with van der Waals surface area (Å²) in [7, 11) is 0. The van der Waals surface area contributed by atoms with E-state index >= 15 is 0 Å². The van der Waals surface area contributed by atoms with Gasteiger partial charge in [-0.2, -0.15) is 0 Å².